The number of nitrogens with zero attached hydrogens (tertiary/aromatic N) is 3. The van der Waals surface area contributed by atoms with E-state index in [-0.39, 0.29) is 11.9 Å². The number of amides is 1. The number of hydrogen-bond donors (Lipinski definition) is 1. The van der Waals surface area contributed by atoms with E-state index < -0.39 is 0 Å². The first-order valence-electron chi connectivity index (χ1n) is 10.2. The number of carbonyl (C=O) groups is 1. The summed E-state index contributed by atoms with van der Waals surface area (Å²) in [5.74, 6) is 0.638. The highest BCUT2D eigenvalue weighted by Gasteiger charge is 2.27. The molecule has 4 rings (SSSR count). The fraction of sp³-hybridized carbons (Fsp3) is 0.292. The Hall–Kier alpha value is -3.05. The predicted octanol–water partition coefficient (Wildman–Crippen LogP) is 4.76. The van der Waals surface area contributed by atoms with Crippen LogP contribution in [0.1, 0.15) is 52.7 Å². The fourth-order valence-electron chi connectivity index (χ4n) is 3.88. The molecule has 1 aromatic heterocycles. The minimum atomic E-state index is -0.176. The molecule has 0 radical (unpaired) electrons. The first-order valence-corrected chi connectivity index (χ1v) is 10.2. The van der Waals surface area contributed by atoms with Crippen LogP contribution in [0.15, 0.2) is 66.9 Å². The van der Waals surface area contributed by atoms with E-state index in [9.17, 15) is 4.79 Å². The van der Waals surface area contributed by atoms with Gasteiger partial charge >= 0.3 is 0 Å². The summed E-state index contributed by atoms with van der Waals surface area (Å²) in [6.45, 7) is 3.82. The van der Waals surface area contributed by atoms with Crippen molar-refractivity contribution in [2.75, 3.05) is 11.9 Å². The van der Waals surface area contributed by atoms with Crippen molar-refractivity contribution in [1.29, 1.82) is 0 Å². The third-order valence-corrected chi connectivity index (χ3v) is 5.41. The maximum Gasteiger partial charge on any atom is 0.259 e. The molecule has 1 unspecified atom stereocenters. The number of piperidine rings is 1. The molecule has 1 fully saturated rings. The Balaban J connectivity index is 1.51. The van der Waals surface area contributed by atoms with Gasteiger partial charge in [0.25, 0.3) is 5.91 Å². The average Bonchev–Trinajstić information content (AvgIpc) is 2.75. The number of carbonyl (C=O) groups excluding carboxylic acids is 1. The second-order valence-corrected chi connectivity index (χ2v) is 7.52. The molecule has 0 saturated carbocycles. The van der Waals surface area contributed by atoms with Gasteiger partial charge in [-0.15, -0.1) is 0 Å². The Kier molecular flexibility index (Phi) is 5.96. The SMILES string of the molecule is Cc1nc(C2CCCCN2Cc2ccccc2)ncc1C(=O)Nc1ccccc1. The number of para-hydroxylation sites is 1. The van der Waals surface area contributed by atoms with Crippen LogP contribution in [-0.4, -0.2) is 27.3 Å². The fourth-order valence-corrected chi connectivity index (χ4v) is 3.88. The van der Waals surface area contributed by atoms with Gasteiger partial charge in [0, 0.05) is 18.4 Å². The molecule has 1 amide bonds. The van der Waals surface area contributed by atoms with Crippen LogP contribution in [0.4, 0.5) is 5.69 Å². The maximum absolute atomic E-state index is 12.6. The van der Waals surface area contributed by atoms with Gasteiger partial charge in [0.15, 0.2) is 0 Å². The van der Waals surface area contributed by atoms with Gasteiger partial charge in [0.1, 0.15) is 5.82 Å². The molecule has 5 heteroatoms. The number of rotatable bonds is 5. The minimum absolute atomic E-state index is 0.176. The quantitative estimate of drug-likeness (QED) is 0.687. The summed E-state index contributed by atoms with van der Waals surface area (Å²) in [5, 5.41) is 2.91. The molecule has 0 aliphatic carbocycles. The van der Waals surface area contributed by atoms with Crippen LogP contribution in [0, 0.1) is 6.92 Å². The van der Waals surface area contributed by atoms with Gasteiger partial charge in [-0.05, 0) is 44.0 Å². The number of nitrogens with one attached hydrogen (secondary N) is 1. The normalized spacial score (nSPS) is 17.1. The van der Waals surface area contributed by atoms with Crippen LogP contribution in [0.3, 0.4) is 0 Å². The summed E-state index contributed by atoms with van der Waals surface area (Å²) in [5.41, 5.74) is 3.30. The highest BCUT2D eigenvalue weighted by Crippen LogP contribution is 2.30. The van der Waals surface area contributed by atoms with Gasteiger partial charge in [-0.25, -0.2) is 9.97 Å². The van der Waals surface area contributed by atoms with Crippen molar-refractivity contribution in [3.63, 3.8) is 0 Å². The van der Waals surface area contributed by atoms with Crippen LogP contribution >= 0.6 is 0 Å². The van der Waals surface area contributed by atoms with Crippen molar-refractivity contribution < 1.29 is 4.79 Å². The number of likely N-dealkylation sites (tertiary alicyclic amines) is 1. The largest absolute Gasteiger partial charge is 0.322 e. The molecule has 0 spiro atoms. The van der Waals surface area contributed by atoms with Crippen LogP contribution < -0.4 is 5.32 Å². The van der Waals surface area contributed by atoms with Gasteiger partial charge in [0.05, 0.1) is 17.3 Å². The number of aryl methyl sites for hydroxylation is 1. The van der Waals surface area contributed by atoms with Crippen molar-refractivity contribution in [2.24, 2.45) is 0 Å². The van der Waals surface area contributed by atoms with Crippen molar-refractivity contribution in [2.45, 2.75) is 38.8 Å². The third kappa shape index (κ3) is 4.69. The highest BCUT2D eigenvalue weighted by molar-refractivity contribution is 6.04. The van der Waals surface area contributed by atoms with E-state index in [1.165, 1.54) is 18.4 Å². The molecular formula is C24H26N4O. The molecule has 2 heterocycles. The van der Waals surface area contributed by atoms with Gasteiger partial charge in [-0.1, -0.05) is 55.0 Å². The zero-order valence-electron chi connectivity index (χ0n) is 16.7. The van der Waals surface area contributed by atoms with E-state index in [0.717, 1.165) is 31.0 Å². The first-order chi connectivity index (χ1) is 14.2. The topological polar surface area (TPSA) is 58.1 Å². The predicted molar refractivity (Wildman–Crippen MR) is 115 cm³/mol. The number of hydrogen-bond acceptors (Lipinski definition) is 4. The summed E-state index contributed by atoms with van der Waals surface area (Å²) in [6.07, 6.45) is 5.08. The molecule has 1 N–H and O–H groups in total. The summed E-state index contributed by atoms with van der Waals surface area (Å²) in [4.78, 5) is 24.4. The Labute approximate surface area is 171 Å². The van der Waals surface area contributed by atoms with E-state index in [4.69, 9.17) is 4.98 Å². The molecule has 1 aliphatic rings. The van der Waals surface area contributed by atoms with Crippen LogP contribution in [0.2, 0.25) is 0 Å². The van der Waals surface area contributed by atoms with Crippen LogP contribution in [0.5, 0.6) is 0 Å². The molecular weight excluding hydrogens is 360 g/mol. The number of aromatic nitrogens is 2. The van der Waals surface area contributed by atoms with Gasteiger partial charge in [-0.3, -0.25) is 9.69 Å². The standard InChI is InChI=1S/C24H26N4O/c1-18-21(24(29)27-20-12-6-3-7-13-20)16-25-23(26-18)22-14-8-9-15-28(22)17-19-10-4-2-5-11-19/h2-7,10-13,16,22H,8-9,14-15,17H2,1H3,(H,27,29). The van der Waals surface area contributed by atoms with E-state index >= 15 is 0 Å². The first kappa shape index (κ1) is 19.3. The molecule has 1 aliphatic heterocycles. The summed E-state index contributed by atoms with van der Waals surface area (Å²) >= 11 is 0. The lowest BCUT2D eigenvalue weighted by Crippen LogP contribution is -2.34. The molecule has 0 bridgehead atoms. The van der Waals surface area contributed by atoms with Crippen LogP contribution in [0.25, 0.3) is 0 Å². The molecule has 2 aromatic carbocycles. The lowest BCUT2D eigenvalue weighted by molar-refractivity contribution is 0.102. The molecule has 148 valence electrons. The van der Waals surface area contributed by atoms with Gasteiger partial charge < -0.3 is 5.32 Å². The van der Waals surface area contributed by atoms with Crippen molar-refractivity contribution >= 4 is 11.6 Å². The smallest absolute Gasteiger partial charge is 0.259 e. The van der Waals surface area contributed by atoms with E-state index in [1.54, 1.807) is 6.20 Å². The molecule has 1 atom stereocenters. The lowest BCUT2D eigenvalue weighted by Gasteiger charge is -2.34. The van der Waals surface area contributed by atoms with Crippen molar-refractivity contribution in [3.05, 3.63) is 89.5 Å². The maximum atomic E-state index is 12.6. The zero-order chi connectivity index (χ0) is 20.1. The second-order valence-electron chi connectivity index (χ2n) is 7.52. The Morgan fingerprint density at radius 3 is 2.52 bits per heavy atom. The third-order valence-electron chi connectivity index (χ3n) is 5.41. The van der Waals surface area contributed by atoms with E-state index in [2.05, 4.69) is 39.5 Å². The Morgan fingerprint density at radius 2 is 1.79 bits per heavy atom. The second kappa shape index (κ2) is 8.97. The molecule has 29 heavy (non-hydrogen) atoms. The van der Waals surface area contributed by atoms with Crippen molar-refractivity contribution in [1.82, 2.24) is 14.9 Å². The van der Waals surface area contributed by atoms with Crippen LogP contribution in [-0.2, 0) is 6.54 Å². The molecule has 1 saturated heterocycles. The number of anilines is 1. The summed E-state index contributed by atoms with van der Waals surface area (Å²) in [6, 6.07) is 20.2. The molecule has 5 nitrogen and oxygen atoms in total. The van der Waals surface area contributed by atoms with E-state index in [0.29, 0.717) is 11.3 Å². The average molecular weight is 386 g/mol. The monoisotopic (exact) mass is 386 g/mol. The van der Waals surface area contributed by atoms with Gasteiger partial charge in [-0.2, -0.15) is 0 Å². The minimum Gasteiger partial charge on any atom is -0.322 e. The van der Waals surface area contributed by atoms with E-state index in [1.807, 2.05) is 43.3 Å². The Bertz CT molecular complexity index is 959. The lowest BCUT2D eigenvalue weighted by atomic mass is 10.00. The zero-order valence-corrected chi connectivity index (χ0v) is 16.7. The van der Waals surface area contributed by atoms with Crippen molar-refractivity contribution in [3.8, 4) is 0 Å². The highest BCUT2D eigenvalue weighted by atomic mass is 16.1. The summed E-state index contributed by atoms with van der Waals surface area (Å²) < 4.78 is 0. The Morgan fingerprint density at radius 1 is 1.07 bits per heavy atom. The molecule has 3 aromatic rings. The van der Waals surface area contributed by atoms with Gasteiger partial charge in [0.2, 0.25) is 0 Å². The summed E-state index contributed by atoms with van der Waals surface area (Å²) in [7, 11) is 0. The number of benzene rings is 2.